The maximum Gasteiger partial charge on any atom is 0.0568 e. The second kappa shape index (κ2) is 5.65. The van der Waals surface area contributed by atoms with Gasteiger partial charge >= 0.3 is 0 Å². The van der Waals surface area contributed by atoms with Gasteiger partial charge in [0.1, 0.15) is 0 Å². The molecule has 0 aliphatic heterocycles. The highest BCUT2D eigenvalue weighted by Gasteiger charge is 2.37. The van der Waals surface area contributed by atoms with Gasteiger partial charge in [0.2, 0.25) is 0 Å². The van der Waals surface area contributed by atoms with Crippen LogP contribution in [0.5, 0.6) is 0 Å². The van der Waals surface area contributed by atoms with Crippen molar-refractivity contribution in [1.82, 2.24) is 0 Å². The average molecular weight is 343 g/mol. The minimum atomic E-state index is 0.628. The molecule has 2 fully saturated rings. The Hall–Kier alpha value is -0.210. The van der Waals surface area contributed by atoms with E-state index in [1.165, 1.54) is 51.4 Å². The molecule has 0 unspecified atom stereocenters. The Bertz CT molecular complexity index is 444. The smallest absolute Gasteiger partial charge is 0.0568 e. The highest BCUT2D eigenvalue weighted by molar-refractivity contribution is 9.10. The Balaban J connectivity index is 1.58. The van der Waals surface area contributed by atoms with Crippen molar-refractivity contribution in [2.75, 3.05) is 5.32 Å². The summed E-state index contributed by atoms with van der Waals surface area (Å²) in [5, 5.41) is 4.44. The largest absolute Gasteiger partial charge is 0.382 e. The highest BCUT2D eigenvalue weighted by atomic mass is 79.9. The number of benzene rings is 1. The number of halogens is 2. The van der Waals surface area contributed by atoms with Crippen LogP contribution >= 0.6 is 27.5 Å². The summed E-state index contributed by atoms with van der Waals surface area (Å²) in [5.41, 5.74) is 1.87. The molecule has 104 valence electrons. The van der Waals surface area contributed by atoms with Crippen molar-refractivity contribution in [3.8, 4) is 0 Å². The topological polar surface area (TPSA) is 12.0 Å². The molecular weight excluding hydrogens is 322 g/mol. The molecule has 3 rings (SSSR count). The van der Waals surface area contributed by atoms with E-state index in [-0.39, 0.29) is 0 Å². The molecular formula is C16H21BrClN. The maximum atomic E-state index is 6.14. The molecule has 1 aromatic carbocycles. The summed E-state index contributed by atoms with van der Waals surface area (Å²) in [7, 11) is 0. The average Bonchev–Trinajstić information content (AvgIpc) is 2.86. The van der Waals surface area contributed by atoms with Crippen molar-refractivity contribution < 1.29 is 0 Å². The second-order valence-corrected chi connectivity index (χ2v) is 7.52. The quantitative estimate of drug-likeness (QED) is 0.693. The van der Waals surface area contributed by atoms with E-state index >= 15 is 0 Å². The zero-order chi connectivity index (χ0) is 13.3. The van der Waals surface area contributed by atoms with Gasteiger partial charge in [-0.2, -0.15) is 0 Å². The molecule has 2 aliphatic carbocycles. The number of anilines is 1. The van der Waals surface area contributed by atoms with E-state index in [1.807, 2.05) is 12.1 Å². The van der Waals surface area contributed by atoms with Gasteiger partial charge in [0, 0.05) is 16.2 Å². The van der Waals surface area contributed by atoms with Gasteiger partial charge in [-0.25, -0.2) is 0 Å². The van der Waals surface area contributed by atoms with Gasteiger partial charge in [0.25, 0.3) is 0 Å². The minimum Gasteiger partial charge on any atom is -0.382 e. The molecule has 0 bridgehead atoms. The second-order valence-electron chi connectivity index (χ2n) is 6.25. The normalized spacial score (nSPS) is 22.8. The molecule has 1 spiro atoms. The summed E-state index contributed by atoms with van der Waals surface area (Å²) in [6, 6.07) is 6.77. The third kappa shape index (κ3) is 3.11. The van der Waals surface area contributed by atoms with Crippen LogP contribution in [0, 0.1) is 5.41 Å². The molecule has 0 radical (unpaired) electrons. The summed E-state index contributed by atoms with van der Waals surface area (Å²) in [6.45, 7) is 0. The van der Waals surface area contributed by atoms with Gasteiger partial charge in [-0.3, -0.25) is 0 Å². The fourth-order valence-electron chi connectivity index (χ4n) is 3.82. The summed E-state index contributed by atoms with van der Waals surface area (Å²) in [6.07, 6.45) is 11.3. The molecule has 2 saturated carbocycles. The Labute approximate surface area is 129 Å². The van der Waals surface area contributed by atoms with E-state index in [2.05, 4.69) is 27.3 Å². The molecule has 2 aliphatic rings. The minimum absolute atomic E-state index is 0.628. The first-order valence-electron chi connectivity index (χ1n) is 7.39. The van der Waals surface area contributed by atoms with Crippen LogP contribution in [0.15, 0.2) is 22.7 Å². The Morgan fingerprint density at radius 2 is 1.79 bits per heavy atom. The van der Waals surface area contributed by atoms with E-state index in [1.54, 1.807) is 0 Å². The predicted molar refractivity (Wildman–Crippen MR) is 85.9 cm³/mol. The number of nitrogens with one attached hydrogen (secondary N) is 1. The number of hydrogen-bond donors (Lipinski definition) is 1. The van der Waals surface area contributed by atoms with E-state index in [0.717, 1.165) is 20.6 Å². The summed E-state index contributed by atoms with van der Waals surface area (Å²) < 4.78 is 0.966. The van der Waals surface area contributed by atoms with Crippen molar-refractivity contribution >= 4 is 33.2 Å². The van der Waals surface area contributed by atoms with Gasteiger partial charge in [-0.1, -0.05) is 24.4 Å². The summed E-state index contributed by atoms with van der Waals surface area (Å²) in [5.74, 6) is 0. The van der Waals surface area contributed by atoms with Gasteiger partial charge in [-0.15, -0.1) is 0 Å². The fourth-order valence-corrected chi connectivity index (χ4v) is 4.25. The van der Waals surface area contributed by atoms with Crippen LogP contribution in [0.3, 0.4) is 0 Å². The standard InChI is InChI=1S/C16H21BrClN/c17-14-4-3-13(11-15(14)18)19-12-5-9-16(10-6-12)7-1-2-8-16/h3-4,11-12,19H,1-2,5-10H2. The van der Waals surface area contributed by atoms with E-state index in [4.69, 9.17) is 11.6 Å². The molecule has 3 heteroatoms. The van der Waals surface area contributed by atoms with Crippen LogP contribution in [-0.4, -0.2) is 6.04 Å². The van der Waals surface area contributed by atoms with Crippen LogP contribution in [0.25, 0.3) is 0 Å². The molecule has 0 aromatic heterocycles. The zero-order valence-electron chi connectivity index (χ0n) is 11.2. The molecule has 0 heterocycles. The summed E-state index contributed by atoms with van der Waals surface area (Å²) >= 11 is 9.58. The first-order chi connectivity index (χ1) is 9.17. The van der Waals surface area contributed by atoms with Crippen molar-refractivity contribution in [2.24, 2.45) is 5.41 Å². The van der Waals surface area contributed by atoms with E-state index in [0.29, 0.717) is 6.04 Å². The van der Waals surface area contributed by atoms with Crippen molar-refractivity contribution in [2.45, 2.75) is 57.4 Å². The molecule has 0 atom stereocenters. The molecule has 0 amide bonds. The highest BCUT2D eigenvalue weighted by Crippen LogP contribution is 2.49. The SMILES string of the molecule is Clc1cc(NC2CCC3(CCCC3)CC2)ccc1Br. The summed E-state index contributed by atoms with van der Waals surface area (Å²) in [4.78, 5) is 0. The monoisotopic (exact) mass is 341 g/mol. The third-order valence-electron chi connectivity index (χ3n) is 5.00. The van der Waals surface area contributed by atoms with Gasteiger partial charge in [0.15, 0.2) is 0 Å². The fraction of sp³-hybridized carbons (Fsp3) is 0.625. The van der Waals surface area contributed by atoms with Crippen LogP contribution in [0.4, 0.5) is 5.69 Å². The Morgan fingerprint density at radius 1 is 1.11 bits per heavy atom. The maximum absolute atomic E-state index is 6.14. The first kappa shape index (κ1) is 13.8. The molecule has 0 saturated heterocycles. The lowest BCUT2D eigenvalue weighted by Gasteiger charge is -2.37. The molecule has 1 N–H and O–H groups in total. The first-order valence-corrected chi connectivity index (χ1v) is 8.56. The van der Waals surface area contributed by atoms with Gasteiger partial charge in [0.05, 0.1) is 5.02 Å². The number of hydrogen-bond acceptors (Lipinski definition) is 1. The van der Waals surface area contributed by atoms with Gasteiger partial charge in [-0.05, 0) is 78.1 Å². The van der Waals surface area contributed by atoms with Crippen molar-refractivity contribution in [1.29, 1.82) is 0 Å². The van der Waals surface area contributed by atoms with Crippen molar-refractivity contribution in [3.63, 3.8) is 0 Å². The van der Waals surface area contributed by atoms with Gasteiger partial charge < -0.3 is 5.32 Å². The van der Waals surface area contributed by atoms with Crippen molar-refractivity contribution in [3.05, 3.63) is 27.7 Å². The Kier molecular flexibility index (Phi) is 4.09. The lowest BCUT2D eigenvalue weighted by molar-refractivity contribution is 0.188. The predicted octanol–water partition coefficient (Wildman–Crippen LogP) is 6.02. The molecule has 1 nitrogen and oxygen atoms in total. The number of rotatable bonds is 2. The van der Waals surface area contributed by atoms with Crippen LogP contribution in [0.2, 0.25) is 5.02 Å². The lowest BCUT2D eigenvalue weighted by Crippen LogP contribution is -2.31. The molecule has 19 heavy (non-hydrogen) atoms. The Morgan fingerprint density at radius 3 is 2.42 bits per heavy atom. The van der Waals surface area contributed by atoms with Crippen LogP contribution in [-0.2, 0) is 0 Å². The van der Waals surface area contributed by atoms with E-state index in [9.17, 15) is 0 Å². The lowest BCUT2D eigenvalue weighted by atomic mass is 9.71. The van der Waals surface area contributed by atoms with Crippen LogP contribution in [0.1, 0.15) is 51.4 Å². The third-order valence-corrected chi connectivity index (χ3v) is 6.23. The van der Waals surface area contributed by atoms with Crippen LogP contribution < -0.4 is 5.32 Å². The zero-order valence-corrected chi connectivity index (χ0v) is 13.6. The van der Waals surface area contributed by atoms with E-state index < -0.39 is 0 Å². The molecule has 1 aromatic rings.